The Labute approximate surface area is 141 Å². The van der Waals surface area contributed by atoms with Gasteiger partial charge in [-0.1, -0.05) is 58.1 Å². The highest BCUT2D eigenvalue weighted by molar-refractivity contribution is 5.70. The minimum absolute atomic E-state index is 0.472. The lowest BCUT2D eigenvalue weighted by Gasteiger charge is -2.32. The van der Waals surface area contributed by atoms with Crippen LogP contribution >= 0.6 is 0 Å². The number of rotatable bonds is 4. The van der Waals surface area contributed by atoms with Crippen molar-refractivity contribution in [1.29, 1.82) is 0 Å². The van der Waals surface area contributed by atoms with Crippen molar-refractivity contribution in [3.8, 4) is 5.75 Å². The molecule has 126 valence electrons. The lowest BCUT2D eigenvalue weighted by Crippen LogP contribution is -2.26. The average Bonchev–Trinajstić information content (AvgIpc) is 3.07. The van der Waals surface area contributed by atoms with Gasteiger partial charge in [-0.05, 0) is 36.8 Å². The van der Waals surface area contributed by atoms with E-state index in [0.29, 0.717) is 5.92 Å². The van der Waals surface area contributed by atoms with Crippen molar-refractivity contribution < 1.29 is 4.74 Å². The Bertz CT molecular complexity index is 561. The minimum atomic E-state index is 0.472. The standard InChI is InChI=1S/C19H25NO.C2H6/c1-4-15-7-5-9-17(13-15)14(2)20-12-11-16-8-6-10-18(21-3)19(16)20;1-2/h5-6,8-10,15,17H,2,4,7,11-13H2,1,3H3;1-2H3. The van der Waals surface area contributed by atoms with Crippen LogP contribution in [0.25, 0.3) is 0 Å². The maximum atomic E-state index is 5.57. The molecule has 0 N–H and O–H groups in total. The molecule has 1 aromatic rings. The van der Waals surface area contributed by atoms with E-state index in [9.17, 15) is 0 Å². The van der Waals surface area contributed by atoms with Gasteiger partial charge in [0.2, 0.25) is 0 Å². The number of methoxy groups -OCH3 is 1. The molecule has 1 aliphatic carbocycles. The molecule has 0 saturated carbocycles. The lowest BCUT2D eigenvalue weighted by atomic mass is 9.83. The summed E-state index contributed by atoms with van der Waals surface area (Å²) >= 11 is 0. The summed E-state index contributed by atoms with van der Waals surface area (Å²) in [7, 11) is 1.75. The monoisotopic (exact) mass is 313 g/mol. The second-order valence-electron chi connectivity index (χ2n) is 6.14. The van der Waals surface area contributed by atoms with Gasteiger partial charge in [-0.3, -0.25) is 0 Å². The van der Waals surface area contributed by atoms with Crippen LogP contribution in [0.3, 0.4) is 0 Å². The van der Waals surface area contributed by atoms with E-state index in [0.717, 1.165) is 24.6 Å². The first-order valence-corrected chi connectivity index (χ1v) is 9.03. The smallest absolute Gasteiger partial charge is 0.142 e. The van der Waals surface area contributed by atoms with Gasteiger partial charge in [0.05, 0.1) is 12.8 Å². The third-order valence-corrected chi connectivity index (χ3v) is 4.95. The zero-order valence-corrected chi connectivity index (χ0v) is 15.1. The number of anilines is 1. The van der Waals surface area contributed by atoms with Crippen LogP contribution in [0.5, 0.6) is 5.75 Å². The van der Waals surface area contributed by atoms with E-state index in [4.69, 9.17) is 4.74 Å². The quantitative estimate of drug-likeness (QED) is 0.672. The van der Waals surface area contributed by atoms with Crippen molar-refractivity contribution in [2.45, 2.75) is 46.5 Å². The van der Waals surface area contributed by atoms with Gasteiger partial charge >= 0.3 is 0 Å². The first-order valence-electron chi connectivity index (χ1n) is 9.03. The summed E-state index contributed by atoms with van der Waals surface area (Å²) in [6.45, 7) is 11.7. The maximum absolute atomic E-state index is 5.57. The molecule has 23 heavy (non-hydrogen) atoms. The second kappa shape index (κ2) is 8.24. The molecular formula is C21H31NO. The summed E-state index contributed by atoms with van der Waals surface area (Å²) in [5, 5.41) is 0. The Morgan fingerprint density at radius 2 is 2.13 bits per heavy atom. The fourth-order valence-corrected chi connectivity index (χ4v) is 3.62. The van der Waals surface area contributed by atoms with Gasteiger partial charge in [-0.2, -0.15) is 0 Å². The van der Waals surface area contributed by atoms with E-state index in [1.54, 1.807) is 7.11 Å². The van der Waals surface area contributed by atoms with E-state index < -0.39 is 0 Å². The number of nitrogens with zero attached hydrogens (tertiary/aromatic N) is 1. The average molecular weight is 313 g/mol. The molecule has 2 atom stereocenters. The first kappa shape index (κ1) is 17.7. The summed E-state index contributed by atoms with van der Waals surface area (Å²) in [6, 6.07) is 6.34. The van der Waals surface area contributed by atoms with Gasteiger partial charge in [-0.25, -0.2) is 0 Å². The van der Waals surface area contributed by atoms with Gasteiger partial charge in [0, 0.05) is 18.2 Å². The molecular weight excluding hydrogens is 282 g/mol. The highest BCUT2D eigenvalue weighted by Gasteiger charge is 2.29. The van der Waals surface area contributed by atoms with Gasteiger partial charge in [-0.15, -0.1) is 0 Å². The Hall–Kier alpha value is -1.70. The number of para-hydroxylation sites is 1. The number of hydrogen-bond acceptors (Lipinski definition) is 2. The zero-order chi connectivity index (χ0) is 16.8. The summed E-state index contributed by atoms with van der Waals surface area (Å²) in [5.74, 6) is 2.24. The van der Waals surface area contributed by atoms with Crippen LogP contribution in [0.4, 0.5) is 5.69 Å². The summed E-state index contributed by atoms with van der Waals surface area (Å²) in [5.41, 5.74) is 3.84. The molecule has 1 heterocycles. The Balaban J connectivity index is 0.000000924. The topological polar surface area (TPSA) is 12.5 Å². The van der Waals surface area contributed by atoms with Crippen molar-refractivity contribution >= 4 is 5.69 Å². The lowest BCUT2D eigenvalue weighted by molar-refractivity contribution is 0.407. The molecule has 0 bridgehead atoms. The van der Waals surface area contributed by atoms with Crippen LogP contribution in [-0.4, -0.2) is 13.7 Å². The fourth-order valence-electron chi connectivity index (χ4n) is 3.62. The molecule has 0 aromatic heterocycles. The van der Waals surface area contributed by atoms with E-state index in [2.05, 4.69) is 48.8 Å². The fraction of sp³-hybridized carbons (Fsp3) is 0.524. The van der Waals surface area contributed by atoms with Crippen molar-refractivity contribution in [3.63, 3.8) is 0 Å². The summed E-state index contributed by atoms with van der Waals surface area (Å²) < 4.78 is 5.57. The highest BCUT2D eigenvalue weighted by Crippen LogP contribution is 2.42. The molecule has 0 fully saturated rings. The zero-order valence-electron chi connectivity index (χ0n) is 15.1. The van der Waals surface area contributed by atoms with Crippen LogP contribution in [0, 0.1) is 11.8 Å². The summed E-state index contributed by atoms with van der Waals surface area (Å²) in [4.78, 5) is 2.38. The number of ether oxygens (including phenoxy) is 1. The van der Waals surface area contributed by atoms with Crippen LogP contribution in [0.15, 0.2) is 42.6 Å². The van der Waals surface area contributed by atoms with Crippen molar-refractivity contribution in [1.82, 2.24) is 0 Å². The second-order valence-corrected chi connectivity index (χ2v) is 6.14. The number of fused-ring (bicyclic) bond motifs is 1. The van der Waals surface area contributed by atoms with Crippen molar-refractivity contribution in [2.24, 2.45) is 11.8 Å². The normalized spacial score (nSPS) is 22.2. The van der Waals surface area contributed by atoms with Gasteiger partial charge in [0.1, 0.15) is 5.75 Å². The van der Waals surface area contributed by atoms with Gasteiger partial charge < -0.3 is 9.64 Å². The van der Waals surface area contributed by atoms with Crippen LogP contribution in [0.1, 0.15) is 45.6 Å². The third kappa shape index (κ3) is 3.63. The van der Waals surface area contributed by atoms with E-state index >= 15 is 0 Å². The molecule has 0 spiro atoms. The SMILES string of the molecule is C=C(C1C=CCC(CC)C1)N1CCc2cccc(OC)c21.CC. The molecule has 0 saturated heterocycles. The van der Waals surface area contributed by atoms with Gasteiger partial charge in [0.15, 0.2) is 0 Å². The van der Waals surface area contributed by atoms with E-state index in [-0.39, 0.29) is 0 Å². The van der Waals surface area contributed by atoms with Crippen LogP contribution in [-0.2, 0) is 6.42 Å². The third-order valence-electron chi connectivity index (χ3n) is 4.95. The molecule has 0 radical (unpaired) electrons. The predicted octanol–water partition coefficient (Wildman–Crippen LogP) is 5.59. The molecule has 2 aliphatic rings. The number of allylic oxidation sites excluding steroid dienone is 2. The van der Waals surface area contributed by atoms with Crippen molar-refractivity contribution in [3.05, 3.63) is 48.2 Å². The van der Waals surface area contributed by atoms with Crippen LogP contribution in [0.2, 0.25) is 0 Å². The molecule has 0 amide bonds. The van der Waals surface area contributed by atoms with Crippen molar-refractivity contribution in [2.75, 3.05) is 18.6 Å². The predicted molar refractivity (Wildman–Crippen MR) is 100 cm³/mol. The Morgan fingerprint density at radius 3 is 2.83 bits per heavy atom. The molecule has 1 aromatic carbocycles. The number of hydrogen-bond donors (Lipinski definition) is 0. The van der Waals surface area contributed by atoms with E-state index in [1.807, 2.05) is 13.8 Å². The molecule has 1 aliphatic heterocycles. The highest BCUT2D eigenvalue weighted by atomic mass is 16.5. The Kier molecular flexibility index (Phi) is 6.32. The van der Waals surface area contributed by atoms with Crippen LogP contribution < -0.4 is 9.64 Å². The van der Waals surface area contributed by atoms with Gasteiger partial charge in [0.25, 0.3) is 0 Å². The molecule has 3 rings (SSSR count). The molecule has 2 unspecified atom stereocenters. The molecule has 2 nitrogen and oxygen atoms in total. The maximum Gasteiger partial charge on any atom is 0.142 e. The molecule has 2 heteroatoms. The van der Waals surface area contributed by atoms with E-state index in [1.165, 1.54) is 36.2 Å². The largest absolute Gasteiger partial charge is 0.495 e. The summed E-state index contributed by atoms with van der Waals surface area (Å²) in [6.07, 6.45) is 9.48. The first-order chi connectivity index (χ1) is 11.2. The Morgan fingerprint density at radius 1 is 1.35 bits per heavy atom. The number of benzene rings is 1. The minimum Gasteiger partial charge on any atom is -0.495 e.